The summed E-state index contributed by atoms with van der Waals surface area (Å²) in [6, 6.07) is 2.20. The first kappa shape index (κ1) is 18.3. The van der Waals surface area contributed by atoms with Gasteiger partial charge in [0, 0.05) is 23.5 Å². The van der Waals surface area contributed by atoms with Gasteiger partial charge in [-0.1, -0.05) is 29.9 Å². The highest BCUT2D eigenvalue weighted by atomic mass is 35.5. The van der Waals surface area contributed by atoms with Gasteiger partial charge in [0.05, 0.1) is 11.2 Å². The van der Waals surface area contributed by atoms with Crippen LogP contribution in [0, 0.1) is 5.92 Å². The fraction of sp³-hybridized carbons (Fsp3) is 0.375. The van der Waals surface area contributed by atoms with Crippen LogP contribution in [0.5, 0.6) is 0 Å². The number of rotatable bonds is 2. The molecule has 0 aromatic carbocycles. The zero-order chi connectivity index (χ0) is 17.7. The van der Waals surface area contributed by atoms with E-state index in [4.69, 9.17) is 0 Å². The van der Waals surface area contributed by atoms with Gasteiger partial charge < -0.3 is 4.57 Å². The molecule has 3 heteroatoms. The third-order valence-electron chi connectivity index (χ3n) is 6.17. The molecule has 1 aliphatic heterocycles. The fourth-order valence-corrected chi connectivity index (χ4v) is 4.90. The molecule has 1 atom stereocenters. The molecule has 0 fully saturated rings. The predicted octanol–water partition coefficient (Wildman–Crippen LogP) is 6.73. The van der Waals surface area contributed by atoms with Gasteiger partial charge in [-0.2, -0.15) is 0 Å². The van der Waals surface area contributed by atoms with Gasteiger partial charge in [-0.15, -0.1) is 12.4 Å². The third-order valence-corrected chi connectivity index (χ3v) is 6.17. The van der Waals surface area contributed by atoms with Crippen LogP contribution in [0.2, 0.25) is 0 Å². The number of pyridine rings is 1. The zero-order valence-electron chi connectivity index (χ0n) is 16.2. The van der Waals surface area contributed by atoms with E-state index in [0.29, 0.717) is 0 Å². The predicted molar refractivity (Wildman–Crippen MR) is 117 cm³/mol. The Hall–Kier alpha value is -2.06. The minimum atomic E-state index is 0. The molecule has 2 nitrogen and oxygen atoms in total. The fourth-order valence-electron chi connectivity index (χ4n) is 4.90. The Balaban J connectivity index is 0.00000180. The number of halogens is 1. The Labute approximate surface area is 167 Å². The van der Waals surface area contributed by atoms with Crippen LogP contribution in [0.4, 0.5) is 0 Å². The number of fused-ring (bicyclic) bond motifs is 4. The number of allylic oxidation sites excluding steroid dienone is 8. The smallest absolute Gasteiger partial charge is 0.0567 e. The summed E-state index contributed by atoms with van der Waals surface area (Å²) in [4.78, 5) is 4.42. The topological polar surface area (TPSA) is 17.8 Å². The second kappa shape index (κ2) is 7.16. The van der Waals surface area contributed by atoms with Crippen LogP contribution >= 0.6 is 12.4 Å². The lowest BCUT2D eigenvalue weighted by molar-refractivity contribution is 0.475. The van der Waals surface area contributed by atoms with Gasteiger partial charge in [0.15, 0.2) is 0 Å². The summed E-state index contributed by atoms with van der Waals surface area (Å²) in [6.07, 6.45) is 20.8. The molecule has 3 heterocycles. The van der Waals surface area contributed by atoms with Crippen molar-refractivity contribution in [1.29, 1.82) is 0 Å². The van der Waals surface area contributed by atoms with Gasteiger partial charge >= 0.3 is 0 Å². The monoisotopic (exact) mass is 378 g/mol. The molecule has 0 N–H and O–H groups in total. The van der Waals surface area contributed by atoms with Crippen molar-refractivity contribution in [1.82, 2.24) is 9.55 Å². The van der Waals surface area contributed by atoms with E-state index in [-0.39, 0.29) is 12.4 Å². The lowest BCUT2D eigenvalue weighted by atomic mass is 9.84. The van der Waals surface area contributed by atoms with Crippen molar-refractivity contribution >= 4 is 34.6 Å². The maximum Gasteiger partial charge on any atom is 0.0567 e. The molecule has 2 aromatic rings. The van der Waals surface area contributed by atoms with Crippen molar-refractivity contribution in [2.75, 3.05) is 0 Å². The average Bonchev–Trinajstić information content (AvgIpc) is 2.89. The normalized spacial score (nSPS) is 20.4. The van der Waals surface area contributed by atoms with Crippen LogP contribution in [-0.4, -0.2) is 9.55 Å². The Morgan fingerprint density at radius 3 is 3.00 bits per heavy atom. The minimum absolute atomic E-state index is 0. The number of aromatic nitrogens is 2. The largest absolute Gasteiger partial charge is 0.312 e. The standard InChI is InChI=1S/C24H26N2.ClH/c1-16(2)6-7-17-8-11-22-19(14-17)10-9-18-4-3-5-20-21-15-25-13-12-23(21)26(22)24(18)20;/h4,6,9-10,12-13,15,17H,3,5,7-8,11,14H2,1-2H3;1H. The summed E-state index contributed by atoms with van der Waals surface area (Å²) in [5.74, 6) is 0.773. The molecular formula is C24H27ClN2. The zero-order valence-corrected chi connectivity index (χ0v) is 17.0. The van der Waals surface area contributed by atoms with E-state index in [0.717, 1.165) is 18.8 Å². The summed E-state index contributed by atoms with van der Waals surface area (Å²) in [5, 5.41) is 1.35. The van der Waals surface area contributed by atoms with E-state index in [1.165, 1.54) is 70.3 Å². The van der Waals surface area contributed by atoms with E-state index in [1.54, 1.807) is 0 Å². The highest BCUT2D eigenvalue weighted by molar-refractivity contribution is 5.96. The summed E-state index contributed by atoms with van der Waals surface area (Å²) < 4.78 is 2.57. The van der Waals surface area contributed by atoms with E-state index in [1.807, 2.05) is 6.20 Å². The van der Waals surface area contributed by atoms with Crippen molar-refractivity contribution < 1.29 is 0 Å². The number of hydrogen-bond acceptors (Lipinski definition) is 1. The Bertz CT molecular complexity index is 1010. The van der Waals surface area contributed by atoms with Crippen molar-refractivity contribution in [2.45, 2.75) is 52.4 Å². The van der Waals surface area contributed by atoms with Gasteiger partial charge in [0.1, 0.15) is 0 Å². The Morgan fingerprint density at radius 1 is 1.26 bits per heavy atom. The van der Waals surface area contributed by atoms with Gasteiger partial charge in [-0.25, -0.2) is 0 Å². The van der Waals surface area contributed by atoms with Crippen LogP contribution < -0.4 is 0 Å². The number of nitrogens with zero attached hydrogens (tertiary/aromatic N) is 2. The van der Waals surface area contributed by atoms with E-state index in [9.17, 15) is 0 Å². The lowest BCUT2D eigenvalue weighted by Crippen LogP contribution is -2.13. The van der Waals surface area contributed by atoms with Gasteiger partial charge in [0.25, 0.3) is 0 Å². The van der Waals surface area contributed by atoms with Crippen molar-refractivity contribution in [3.05, 3.63) is 65.2 Å². The molecule has 2 aromatic heterocycles. The van der Waals surface area contributed by atoms with Gasteiger partial charge in [-0.3, -0.25) is 4.98 Å². The number of hydrogen-bond donors (Lipinski definition) is 0. The highest BCUT2D eigenvalue weighted by Crippen LogP contribution is 2.44. The maximum absolute atomic E-state index is 4.42. The molecule has 140 valence electrons. The molecule has 27 heavy (non-hydrogen) atoms. The molecule has 5 rings (SSSR count). The third kappa shape index (κ3) is 3.00. The lowest BCUT2D eigenvalue weighted by Gasteiger charge is -2.27. The quantitative estimate of drug-likeness (QED) is 0.530. The summed E-state index contributed by atoms with van der Waals surface area (Å²) in [7, 11) is 0. The molecule has 1 unspecified atom stereocenters. The summed E-state index contributed by atoms with van der Waals surface area (Å²) in [6.45, 7) is 4.42. The second-order valence-corrected chi connectivity index (χ2v) is 8.18. The van der Waals surface area contributed by atoms with Crippen LogP contribution in [0.25, 0.3) is 22.2 Å². The molecule has 0 radical (unpaired) electrons. The number of aryl methyl sites for hydroxylation is 1. The highest BCUT2D eigenvalue weighted by Gasteiger charge is 2.29. The summed E-state index contributed by atoms with van der Waals surface area (Å²) in [5.41, 5.74) is 10.2. The van der Waals surface area contributed by atoms with Crippen molar-refractivity contribution in [3.8, 4) is 0 Å². The molecule has 3 aliphatic rings. The minimum Gasteiger partial charge on any atom is -0.312 e. The molecule has 0 saturated heterocycles. The van der Waals surface area contributed by atoms with Crippen LogP contribution in [0.15, 0.2) is 53.9 Å². The second-order valence-electron chi connectivity index (χ2n) is 8.18. The van der Waals surface area contributed by atoms with Crippen molar-refractivity contribution in [3.63, 3.8) is 0 Å². The Morgan fingerprint density at radius 2 is 2.15 bits per heavy atom. The van der Waals surface area contributed by atoms with Crippen LogP contribution in [0.1, 0.15) is 57.2 Å². The molecule has 0 spiro atoms. The first-order valence-electron chi connectivity index (χ1n) is 9.94. The van der Waals surface area contributed by atoms with E-state index >= 15 is 0 Å². The van der Waals surface area contributed by atoms with E-state index in [2.05, 4.69) is 60.0 Å². The molecule has 0 saturated carbocycles. The molecular weight excluding hydrogens is 352 g/mol. The Kier molecular flexibility index (Phi) is 4.86. The SMILES string of the molecule is CC(C)=CCC1CCC2=C(C=CC3=CCCc4c3n2c2ccncc42)C1.Cl. The van der Waals surface area contributed by atoms with Crippen molar-refractivity contribution in [2.24, 2.45) is 5.92 Å². The van der Waals surface area contributed by atoms with Crippen LogP contribution in [-0.2, 0) is 6.42 Å². The first-order chi connectivity index (χ1) is 12.7. The molecule has 2 aliphatic carbocycles. The summed E-state index contributed by atoms with van der Waals surface area (Å²) >= 11 is 0. The van der Waals surface area contributed by atoms with Gasteiger partial charge in [0.2, 0.25) is 0 Å². The van der Waals surface area contributed by atoms with Crippen LogP contribution in [0.3, 0.4) is 0 Å². The molecule has 0 bridgehead atoms. The van der Waals surface area contributed by atoms with Gasteiger partial charge in [-0.05, 0) is 81.1 Å². The molecule has 0 amide bonds. The first-order valence-corrected chi connectivity index (χ1v) is 9.94. The maximum atomic E-state index is 4.42. The average molecular weight is 379 g/mol. The van der Waals surface area contributed by atoms with E-state index < -0.39 is 0 Å².